The van der Waals surface area contributed by atoms with Crippen molar-refractivity contribution in [3.05, 3.63) is 0 Å². The van der Waals surface area contributed by atoms with Crippen LogP contribution in [0, 0.1) is 11.8 Å². The molecule has 4 nitrogen and oxygen atoms in total. The van der Waals surface area contributed by atoms with E-state index >= 15 is 0 Å². The fraction of sp³-hybridized carbons (Fsp3) is 0.917. The molecule has 0 spiro atoms. The Labute approximate surface area is 110 Å². The van der Waals surface area contributed by atoms with Gasteiger partial charge < -0.3 is 15.8 Å². The van der Waals surface area contributed by atoms with Gasteiger partial charge in [0.2, 0.25) is 5.91 Å². The standard InChI is InChI=1S/C12H21F3N2O2/c13-12(14,15)10-3-1-2-9(8-10)11(18)17-5-7-19-6-4-16/h9-10H,1-8,16H2,(H,17,18). The molecule has 7 heteroatoms. The Morgan fingerprint density at radius 1 is 1.32 bits per heavy atom. The zero-order chi connectivity index (χ0) is 14.3. The molecule has 1 aliphatic rings. The Hall–Kier alpha value is -0.820. The fourth-order valence-corrected chi connectivity index (χ4v) is 2.30. The van der Waals surface area contributed by atoms with E-state index in [-0.39, 0.29) is 18.7 Å². The number of rotatable bonds is 6. The average Bonchev–Trinajstić information content (AvgIpc) is 2.37. The van der Waals surface area contributed by atoms with Crippen LogP contribution in [-0.2, 0) is 9.53 Å². The summed E-state index contributed by atoms with van der Waals surface area (Å²) in [5.41, 5.74) is 5.22. The molecule has 0 aromatic rings. The summed E-state index contributed by atoms with van der Waals surface area (Å²) in [4.78, 5) is 11.7. The van der Waals surface area contributed by atoms with Gasteiger partial charge in [0.05, 0.1) is 19.1 Å². The number of ether oxygens (including phenoxy) is 1. The van der Waals surface area contributed by atoms with E-state index < -0.39 is 18.0 Å². The molecule has 112 valence electrons. The number of nitrogens with one attached hydrogen (secondary N) is 1. The second-order valence-electron chi connectivity index (χ2n) is 4.79. The van der Waals surface area contributed by atoms with Crippen LogP contribution in [-0.4, -0.2) is 38.4 Å². The van der Waals surface area contributed by atoms with Gasteiger partial charge in [-0.25, -0.2) is 0 Å². The third-order valence-corrected chi connectivity index (χ3v) is 3.32. The van der Waals surface area contributed by atoms with E-state index in [9.17, 15) is 18.0 Å². The Balaban J connectivity index is 2.28. The predicted octanol–water partition coefficient (Wildman–Crippen LogP) is 1.45. The van der Waals surface area contributed by atoms with Gasteiger partial charge in [0, 0.05) is 19.0 Å². The summed E-state index contributed by atoms with van der Waals surface area (Å²) in [5, 5.41) is 2.61. The van der Waals surface area contributed by atoms with Crippen LogP contribution in [0.2, 0.25) is 0 Å². The molecular weight excluding hydrogens is 261 g/mol. The van der Waals surface area contributed by atoms with Crippen molar-refractivity contribution in [3.8, 4) is 0 Å². The van der Waals surface area contributed by atoms with Crippen molar-refractivity contribution < 1.29 is 22.7 Å². The Kier molecular flexibility index (Phi) is 6.57. The third-order valence-electron chi connectivity index (χ3n) is 3.32. The van der Waals surface area contributed by atoms with E-state index in [0.717, 1.165) is 0 Å². The Morgan fingerprint density at radius 3 is 2.68 bits per heavy atom. The molecule has 0 radical (unpaired) electrons. The van der Waals surface area contributed by atoms with E-state index in [4.69, 9.17) is 10.5 Å². The second kappa shape index (κ2) is 7.69. The first-order valence-corrected chi connectivity index (χ1v) is 6.57. The number of alkyl halides is 3. The highest BCUT2D eigenvalue weighted by Gasteiger charge is 2.43. The molecular formula is C12H21F3N2O2. The van der Waals surface area contributed by atoms with Gasteiger partial charge in [-0.05, 0) is 19.3 Å². The van der Waals surface area contributed by atoms with Crippen LogP contribution in [0.3, 0.4) is 0 Å². The molecule has 0 aromatic carbocycles. The maximum atomic E-state index is 12.6. The maximum Gasteiger partial charge on any atom is 0.391 e. The third kappa shape index (κ3) is 5.78. The van der Waals surface area contributed by atoms with Crippen molar-refractivity contribution in [3.63, 3.8) is 0 Å². The highest BCUT2D eigenvalue weighted by molar-refractivity contribution is 5.78. The summed E-state index contributed by atoms with van der Waals surface area (Å²) in [6.07, 6.45) is -3.18. The highest BCUT2D eigenvalue weighted by Crippen LogP contribution is 2.39. The molecule has 2 unspecified atom stereocenters. The SMILES string of the molecule is NCCOCCNC(=O)C1CCCC(C(F)(F)F)C1. The molecule has 0 saturated heterocycles. The molecule has 1 saturated carbocycles. The van der Waals surface area contributed by atoms with Crippen LogP contribution in [0.4, 0.5) is 13.2 Å². The minimum Gasteiger partial charge on any atom is -0.378 e. The lowest BCUT2D eigenvalue weighted by molar-refractivity contribution is -0.186. The fourth-order valence-electron chi connectivity index (χ4n) is 2.30. The number of hydrogen-bond donors (Lipinski definition) is 2. The predicted molar refractivity (Wildman–Crippen MR) is 64.4 cm³/mol. The van der Waals surface area contributed by atoms with Crippen molar-refractivity contribution in [1.82, 2.24) is 5.32 Å². The van der Waals surface area contributed by atoms with Gasteiger partial charge in [-0.2, -0.15) is 13.2 Å². The van der Waals surface area contributed by atoms with Gasteiger partial charge in [0.1, 0.15) is 0 Å². The van der Waals surface area contributed by atoms with Crippen LogP contribution in [0.15, 0.2) is 0 Å². The minimum absolute atomic E-state index is 0.0982. The molecule has 3 N–H and O–H groups in total. The van der Waals surface area contributed by atoms with Crippen molar-refractivity contribution in [2.45, 2.75) is 31.9 Å². The molecule has 1 aliphatic carbocycles. The summed E-state index contributed by atoms with van der Waals surface area (Å²) in [6, 6.07) is 0. The van der Waals surface area contributed by atoms with Gasteiger partial charge in [0.25, 0.3) is 0 Å². The lowest BCUT2D eigenvalue weighted by atomic mass is 9.80. The first-order chi connectivity index (χ1) is 8.95. The smallest absolute Gasteiger partial charge is 0.378 e. The summed E-state index contributed by atoms with van der Waals surface area (Å²) in [6.45, 7) is 1.46. The quantitative estimate of drug-likeness (QED) is 0.725. The molecule has 2 atom stereocenters. The van der Waals surface area contributed by atoms with Crippen LogP contribution >= 0.6 is 0 Å². The molecule has 0 bridgehead atoms. The molecule has 1 rings (SSSR count). The van der Waals surface area contributed by atoms with E-state index in [0.29, 0.717) is 39.1 Å². The summed E-state index contributed by atoms with van der Waals surface area (Å²) >= 11 is 0. The first kappa shape index (κ1) is 16.2. The molecule has 19 heavy (non-hydrogen) atoms. The summed E-state index contributed by atoms with van der Waals surface area (Å²) in [5.74, 6) is -2.18. The number of carbonyl (C=O) groups is 1. The topological polar surface area (TPSA) is 64.3 Å². The number of carbonyl (C=O) groups excluding carboxylic acids is 1. The van der Waals surface area contributed by atoms with Gasteiger partial charge in [-0.3, -0.25) is 4.79 Å². The lowest BCUT2D eigenvalue weighted by Gasteiger charge is -2.29. The first-order valence-electron chi connectivity index (χ1n) is 6.57. The van der Waals surface area contributed by atoms with Crippen molar-refractivity contribution in [2.75, 3.05) is 26.3 Å². The highest BCUT2D eigenvalue weighted by atomic mass is 19.4. The van der Waals surface area contributed by atoms with Crippen molar-refractivity contribution in [2.24, 2.45) is 17.6 Å². The largest absolute Gasteiger partial charge is 0.391 e. The van der Waals surface area contributed by atoms with E-state index in [2.05, 4.69) is 5.32 Å². The number of halogens is 3. The lowest BCUT2D eigenvalue weighted by Crippen LogP contribution is -2.38. The summed E-state index contributed by atoms with van der Waals surface area (Å²) in [7, 11) is 0. The maximum absolute atomic E-state index is 12.6. The van der Waals surface area contributed by atoms with Gasteiger partial charge in [-0.1, -0.05) is 6.42 Å². The minimum atomic E-state index is -4.19. The molecule has 1 fully saturated rings. The number of amides is 1. The molecule has 1 amide bonds. The van der Waals surface area contributed by atoms with E-state index in [1.807, 2.05) is 0 Å². The van der Waals surface area contributed by atoms with Crippen molar-refractivity contribution >= 4 is 5.91 Å². The monoisotopic (exact) mass is 282 g/mol. The van der Waals surface area contributed by atoms with Crippen LogP contribution < -0.4 is 11.1 Å². The average molecular weight is 282 g/mol. The van der Waals surface area contributed by atoms with Gasteiger partial charge in [-0.15, -0.1) is 0 Å². The molecule has 0 aromatic heterocycles. The Bertz CT molecular complexity index is 285. The molecule has 0 heterocycles. The van der Waals surface area contributed by atoms with Gasteiger partial charge >= 0.3 is 6.18 Å². The van der Waals surface area contributed by atoms with Crippen LogP contribution in [0.1, 0.15) is 25.7 Å². The van der Waals surface area contributed by atoms with E-state index in [1.165, 1.54) is 0 Å². The Morgan fingerprint density at radius 2 is 2.05 bits per heavy atom. The van der Waals surface area contributed by atoms with Gasteiger partial charge in [0.15, 0.2) is 0 Å². The number of hydrogen-bond acceptors (Lipinski definition) is 3. The van der Waals surface area contributed by atoms with Crippen LogP contribution in [0.5, 0.6) is 0 Å². The second-order valence-corrected chi connectivity index (χ2v) is 4.79. The zero-order valence-electron chi connectivity index (χ0n) is 10.8. The summed E-state index contributed by atoms with van der Waals surface area (Å²) < 4.78 is 42.9. The van der Waals surface area contributed by atoms with Crippen molar-refractivity contribution in [1.29, 1.82) is 0 Å². The normalized spacial score (nSPS) is 24.2. The zero-order valence-corrected chi connectivity index (χ0v) is 10.8. The van der Waals surface area contributed by atoms with E-state index in [1.54, 1.807) is 0 Å². The molecule has 0 aliphatic heterocycles. The number of nitrogens with two attached hydrogens (primary N) is 1. The van der Waals surface area contributed by atoms with Crippen LogP contribution in [0.25, 0.3) is 0 Å².